The summed E-state index contributed by atoms with van der Waals surface area (Å²) >= 11 is 0. The minimum Gasteiger partial charge on any atom is -0.473 e. The molecule has 0 amide bonds. The number of aliphatic carboxylic acids is 2. The van der Waals surface area contributed by atoms with Crippen molar-refractivity contribution in [2.75, 3.05) is 26.2 Å². The van der Waals surface area contributed by atoms with E-state index in [4.69, 9.17) is 19.8 Å². The molecule has 19 heavy (non-hydrogen) atoms. The van der Waals surface area contributed by atoms with Crippen LogP contribution in [0.4, 0.5) is 0 Å². The van der Waals surface area contributed by atoms with Crippen LogP contribution >= 0.6 is 0 Å². The summed E-state index contributed by atoms with van der Waals surface area (Å²) in [5.41, 5.74) is 0. The summed E-state index contributed by atoms with van der Waals surface area (Å²) in [6, 6.07) is 0. The lowest BCUT2D eigenvalue weighted by atomic mass is 10.3. The Kier molecular flexibility index (Phi) is 11.1. The topological polar surface area (TPSA) is 74.6 Å². The lowest BCUT2D eigenvalue weighted by molar-refractivity contribution is -0.906. The molecular weight excluding hydrogens is 246 g/mol. The van der Waals surface area contributed by atoms with Crippen molar-refractivity contribution in [3.8, 4) is 0 Å². The molecule has 0 aliphatic carbocycles. The number of rotatable bonds is 8. The van der Waals surface area contributed by atoms with E-state index in [0.717, 1.165) is 30.7 Å². The van der Waals surface area contributed by atoms with E-state index in [1.807, 2.05) is 24.3 Å². The van der Waals surface area contributed by atoms with E-state index in [2.05, 4.69) is 26.3 Å². The van der Waals surface area contributed by atoms with E-state index in [-0.39, 0.29) is 0 Å². The van der Waals surface area contributed by atoms with Gasteiger partial charge < -0.3 is 14.7 Å². The van der Waals surface area contributed by atoms with E-state index < -0.39 is 11.9 Å². The van der Waals surface area contributed by atoms with Gasteiger partial charge in [-0.2, -0.15) is 0 Å². The number of carboxylic acids is 2. The van der Waals surface area contributed by atoms with Gasteiger partial charge in [-0.05, 0) is 24.3 Å². The smallest absolute Gasteiger partial charge is 0.414 e. The van der Waals surface area contributed by atoms with Crippen LogP contribution in [0.3, 0.4) is 0 Å². The molecule has 0 aromatic rings. The molecule has 106 valence electrons. The fraction of sp³-hybridized carbons (Fsp3) is 0.286. The highest BCUT2D eigenvalue weighted by molar-refractivity contribution is 6.27. The Balaban J connectivity index is 0. The molecule has 0 saturated carbocycles. The van der Waals surface area contributed by atoms with Gasteiger partial charge in [-0.1, -0.05) is 26.3 Å². The maximum Gasteiger partial charge on any atom is 0.414 e. The first kappa shape index (κ1) is 19.2. The summed E-state index contributed by atoms with van der Waals surface area (Å²) in [4.78, 5) is 18.2. The lowest BCUT2D eigenvalue weighted by Gasteiger charge is -2.35. The van der Waals surface area contributed by atoms with Crippen LogP contribution < -0.4 is 0 Å². The molecule has 0 fully saturated rings. The Hall–Kier alpha value is -2.14. The van der Waals surface area contributed by atoms with Crippen LogP contribution in [0.25, 0.3) is 0 Å². The van der Waals surface area contributed by atoms with Gasteiger partial charge in [-0.25, -0.2) is 9.59 Å². The van der Waals surface area contributed by atoms with Crippen LogP contribution in [0.5, 0.6) is 0 Å². The first-order valence-electron chi connectivity index (χ1n) is 5.64. The lowest BCUT2D eigenvalue weighted by Crippen LogP contribution is -2.48. The largest absolute Gasteiger partial charge is 0.473 e. The van der Waals surface area contributed by atoms with Crippen LogP contribution in [0.15, 0.2) is 50.6 Å². The molecule has 0 radical (unpaired) electrons. The molecule has 2 N–H and O–H groups in total. The second-order valence-electron chi connectivity index (χ2n) is 3.84. The third-order valence-corrected chi connectivity index (χ3v) is 2.25. The maximum absolute atomic E-state index is 9.10. The molecule has 0 aromatic heterocycles. The van der Waals surface area contributed by atoms with E-state index in [9.17, 15) is 0 Å². The van der Waals surface area contributed by atoms with Crippen molar-refractivity contribution in [2.24, 2.45) is 0 Å². The molecule has 5 nitrogen and oxygen atoms in total. The van der Waals surface area contributed by atoms with Crippen molar-refractivity contribution < 1.29 is 24.3 Å². The summed E-state index contributed by atoms with van der Waals surface area (Å²) < 4.78 is 0.903. The standard InChI is InChI=1S/C12H20N.C2H2O4/c1-5-9-13(10-6-2,11-7-3)12-8-4;3-1(4)2(5)6/h5-8H,1-4,9-12H2;(H,3,4)(H,5,6)/q+1;. The monoisotopic (exact) mass is 268 g/mol. The van der Waals surface area contributed by atoms with Gasteiger partial charge in [0.1, 0.15) is 0 Å². The normalized spacial score (nSPS) is 9.47. The van der Waals surface area contributed by atoms with Crippen molar-refractivity contribution in [2.45, 2.75) is 0 Å². The number of carboxylic acid groups (broad SMARTS) is 2. The van der Waals surface area contributed by atoms with Gasteiger partial charge in [0, 0.05) is 0 Å². The van der Waals surface area contributed by atoms with E-state index in [0.29, 0.717) is 0 Å². The molecule has 0 atom stereocenters. The van der Waals surface area contributed by atoms with Crippen LogP contribution in [0, 0.1) is 0 Å². The highest BCUT2D eigenvalue weighted by Crippen LogP contribution is 2.07. The fourth-order valence-electron chi connectivity index (χ4n) is 1.54. The second-order valence-corrected chi connectivity index (χ2v) is 3.84. The van der Waals surface area contributed by atoms with Crippen molar-refractivity contribution in [3.63, 3.8) is 0 Å². The van der Waals surface area contributed by atoms with Crippen molar-refractivity contribution in [1.29, 1.82) is 0 Å². The van der Waals surface area contributed by atoms with Gasteiger partial charge >= 0.3 is 11.9 Å². The van der Waals surface area contributed by atoms with Gasteiger partial charge in [0.15, 0.2) is 0 Å². The number of nitrogens with zero attached hydrogens (tertiary/aromatic N) is 1. The molecular formula is C14H22NO4+. The zero-order valence-corrected chi connectivity index (χ0v) is 11.1. The number of hydrogen-bond acceptors (Lipinski definition) is 2. The Morgan fingerprint density at radius 1 is 0.737 bits per heavy atom. The van der Waals surface area contributed by atoms with Gasteiger partial charge in [0.05, 0.1) is 26.2 Å². The predicted molar refractivity (Wildman–Crippen MR) is 75.8 cm³/mol. The second kappa shape index (κ2) is 11.0. The number of hydrogen-bond donors (Lipinski definition) is 2. The van der Waals surface area contributed by atoms with Gasteiger partial charge in [0.25, 0.3) is 0 Å². The number of quaternary nitrogens is 1. The summed E-state index contributed by atoms with van der Waals surface area (Å²) in [5.74, 6) is -3.65. The van der Waals surface area contributed by atoms with Gasteiger partial charge in [-0.3, -0.25) is 0 Å². The summed E-state index contributed by atoms with van der Waals surface area (Å²) in [7, 11) is 0. The van der Waals surface area contributed by atoms with E-state index in [1.54, 1.807) is 0 Å². The molecule has 0 saturated heterocycles. The minimum atomic E-state index is -1.82. The highest BCUT2D eigenvalue weighted by atomic mass is 16.4. The molecule has 0 rings (SSSR count). The van der Waals surface area contributed by atoms with Gasteiger partial charge in [0.2, 0.25) is 0 Å². The molecule has 0 aromatic carbocycles. The first-order valence-corrected chi connectivity index (χ1v) is 5.64. The van der Waals surface area contributed by atoms with Crippen LogP contribution in [0.2, 0.25) is 0 Å². The number of carbonyl (C=O) groups is 2. The van der Waals surface area contributed by atoms with E-state index in [1.165, 1.54) is 0 Å². The Labute approximate surface area is 114 Å². The third kappa shape index (κ3) is 9.55. The third-order valence-electron chi connectivity index (χ3n) is 2.25. The zero-order valence-electron chi connectivity index (χ0n) is 11.1. The summed E-state index contributed by atoms with van der Waals surface area (Å²) in [5, 5.41) is 14.8. The van der Waals surface area contributed by atoms with Crippen molar-refractivity contribution in [3.05, 3.63) is 50.6 Å². The molecule has 0 aliphatic rings. The molecule has 0 bridgehead atoms. The highest BCUT2D eigenvalue weighted by Gasteiger charge is 2.20. The first-order chi connectivity index (χ1) is 8.89. The Bertz CT molecular complexity index is 290. The molecule has 0 spiro atoms. The molecule has 0 aliphatic heterocycles. The summed E-state index contributed by atoms with van der Waals surface area (Å²) in [6.07, 6.45) is 7.76. The van der Waals surface area contributed by atoms with Crippen LogP contribution in [-0.2, 0) is 9.59 Å². The molecule has 0 heterocycles. The Morgan fingerprint density at radius 2 is 0.947 bits per heavy atom. The Morgan fingerprint density at radius 3 is 1.05 bits per heavy atom. The summed E-state index contributed by atoms with van der Waals surface area (Å²) in [6.45, 7) is 18.8. The fourth-order valence-corrected chi connectivity index (χ4v) is 1.54. The SMILES string of the molecule is C=CC[N+](CC=C)(CC=C)CC=C.O=C(O)C(=O)O. The zero-order chi connectivity index (χ0) is 15.3. The average molecular weight is 268 g/mol. The quantitative estimate of drug-likeness (QED) is 0.399. The van der Waals surface area contributed by atoms with Crippen molar-refractivity contribution in [1.82, 2.24) is 0 Å². The van der Waals surface area contributed by atoms with Crippen LogP contribution in [-0.4, -0.2) is 52.8 Å². The van der Waals surface area contributed by atoms with Crippen LogP contribution in [0.1, 0.15) is 0 Å². The van der Waals surface area contributed by atoms with Crippen molar-refractivity contribution >= 4 is 11.9 Å². The van der Waals surface area contributed by atoms with E-state index >= 15 is 0 Å². The minimum absolute atomic E-state index is 0.903. The predicted octanol–water partition coefficient (Wildman–Crippen LogP) is 1.70. The average Bonchev–Trinajstić information content (AvgIpc) is 2.31. The molecule has 0 unspecified atom stereocenters. The maximum atomic E-state index is 9.10. The molecule has 5 heteroatoms. The van der Waals surface area contributed by atoms with Gasteiger partial charge in [-0.15, -0.1) is 0 Å².